The summed E-state index contributed by atoms with van der Waals surface area (Å²) in [7, 11) is 0. The molecule has 7 heteroatoms. The molecule has 1 aromatic heterocycles. The molecule has 1 heterocycles. The fourth-order valence-electron chi connectivity index (χ4n) is 7.46. The molecule has 3 N–H and O–H groups in total. The molecule has 36 heavy (non-hydrogen) atoms. The minimum absolute atomic E-state index is 0.0947. The average molecular weight is 488 g/mol. The molecular weight excluding hydrogens is 457 g/mol. The van der Waals surface area contributed by atoms with E-state index in [9.17, 15) is 19.1 Å². The van der Waals surface area contributed by atoms with Gasteiger partial charge in [-0.3, -0.25) is 4.79 Å². The topological polar surface area (TPSA) is 95.1 Å². The minimum atomic E-state index is -1.06. The highest BCUT2D eigenvalue weighted by Gasteiger charge is 2.50. The van der Waals surface area contributed by atoms with Gasteiger partial charge in [0, 0.05) is 16.9 Å². The molecule has 0 atom stereocenters. The van der Waals surface area contributed by atoms with E-state index in [4.69, 9.17) is 0 Å². The Hall–Kier alpha value is -3.48. The zero-order chi connectivity index (χ0) is 24.9. The summed E-state index contributed by atoms with van der Waals surface area (Å²) >= 11 is 0. The van der Waals surface area contributed by atoms with Crippen LogP contribution >= 0.6 is 0 Å². The van der Waals surface area contributed by atoms with Gasteiger partial charge >= 0.3 is 5.97 Å². The van der Waals surface area contributed by atoms with E-state index in [1.54, 1.807) is 24.3 Å². The molecular formula is C29H30FN3O3. The SMILES string of the molecule is O=C(O)c1cccc(NC(=O)c2nc(-c3cccc(F)c3)[nH]c2CCC23CC4CC(CC(C4)C2)C3)c1. The van der Waals surface area contributed by atoms with E-state index in [0.717, 1.165) is 29.9 Å². The predicted molar refractivity (Wildman–Crippen MR) is 134 cm³/mol. The van der Waals surface area contributed by atoms with Crippen LogP contribution < -0.4 is 5.32 Å². The Morgan fingerprint density at radius 1 is 1.03 bits per heavy atom. The number of hydrogen-bond acceptors (Lipinski definition) is 3. The number of rotatable bonds is 7. The van der Waals surface area contributed by atoms with Crippen molar-refractivity contribution in [2.75, 3.05) is 5.32 Å². The Morgan fingerprint density at radius 3 is 2.39 bits per heavy atom. The standard InChI is InChI=1S/C29H30FN3O3/c30-22-5-1-3-20(12-22)26-32-24(7-8-29-14-17-9-18(15-29)11-19(10-17)16-29)25(33-26)27(34)31-23-6-2-4-21(13-23)28(35)36/h1-6,12-13,17-19H,7-11,14-16H2,(H,31,34)(H,32,33)(H,35,36). The van der Waals surface area contributed by atoms with E-state index < -0.39 is 11.9 Å². The number of carboxylic acid groups (broad SMARTS) is 1. The number of aromatic carboxylic acids is 1. The lowest BCUT2D eigenvalue weighted by molar-refractivity contribution is -0.0570. The van der Waals surface area contributed by atoms with Crippen LogP contribution in [0.2, 0.25) is 0 Å². The molecule has 2 aromatic carbocycles. The van der Waals surface area contributed by atoms with Crippen LogP contribution in [0.25, 0.3) is 11.4 Å². The summed E-state index contributed by atoms with van der Waals surface area (Å²) in [6.45, 7) is 0. The van der Waals surface area contributed by atoms with E-state index in [2.05, 4.69) is 15.3 Å². The number of amides is 1. The van der Waals surface area contributed by atoms with Crippen LogP contribution in [0.3, 0.4) is 0 Å². The lowest BCUT2D eigenvalue weighted by Crippen LogP contribution is -2.46. The molecule has 0 aliphatic heterocycles. The molecule has 4 bridgehead atoms. The first-order valence-electron chi connectivity index (χ1n) is 12.9. The monoisotopic (exact) mass is 487 g/mol. The smallest absolute Gasteiger partial charge is 0.335 e. The summed E-state index contributed by atoms with van der Waals surface area (Å²) < 4.78 is 13.9. The number of carboxylic acids is 1. The van der Waals surface area contributed by atoms with E-state index in [-0.39, 0.29) is 17.1 Å². The summed E-state index contributed by atoms with van der Waals surface area (Å²) in [6.07, 6.45) is 9.72. The predicted octanol–water partition coefficient (Wildman–Crippen LogP) is 6.32. The van der Waals surface area contributed by atoms with Gasteiger partial charge in [0.25, 0.3) is 5.91 Å². The Bertz CT molecular complexity index is 1300. The highest BCUT2D eigenvalue weighted by atomic mass is 19.1. The summed E-state index contributed by atoms with van der Waals surface area (Å²) in [5.41, 5.74) is 2.44. The molecule has 7 rings (SSSR count). The largest absolute Gasteiger partial charge is 0.478 e. The molecule has 6 nitrogen and oxygen atoms in total. The van der Waals surface area contributed by atoms with Gasteiger partial charge in [0.15, 0.2) is 0 Å². The third kappa shape index (κ3) is 4.43. The van der Waals surface area contributed by atoms with Gasteiger partial charge in [-0.15, -0.1) is 0 Å². The number of carbonyl (C=O) groups is 2. The van der Waals surface area contributed by atoms with Gasteiger partial charge in [-0.2, -0.15) is 0 Å². The summed E-state index contributed by atoms with van der Waals surface area (Å²) in [5, 5.41) is 12.1. The van der Waals surface area contributed by atoms with E-state index >= 15 is 0 Å². The molecule has 0 unspecified atom stereocenters. The van der Waals surface area contributed by atoms with Gasteiger partial charge < -0.3 is 15.4 Å². The van der Waals surface area contributed by atoms with E-state index in [1.165, 1.54) is 62.8 Å². The number of benzene rings is 2. The second kappa shape index (κ2) is 8.87. The van der Waals surface area contributed by atoms with Crippen molar-refractivity contribution in [2.45, 2.75) is 51.4 Å². The highest BCUT2D eigenvalue weighted by Crippen LogP contribution is 2.61. The van der Waals surface area contributed by atoms with Gasteiger partial charge in [0.1, 0.15) is 17.3 Å². The normalized spacial score (nSPS) is 26.2. The van der Waals surface area contributed by atoms with Crippen molar-refractivity contribution in [3.63, 3.8) is 0 Å². The number of aromatic nitrogens is 2. The quantitative estimate of drug-likeness (QED) is 0.364. The average Bonchev–Trinajstić information content (AvgIpc) is 3.27. The van der Waals surface area contributed by atoms with Gasteiger partial charge in [-0.05, 0) is 105 Å². The number of H-pyrrole nitrogens is 1. The maximum Gasteiger partial charge on any atom is 0.335 e. The number of halogens is 1. The van der Waals surface area contributed by atoms with Crippen molar-refractivity contribution in [2.24, 2.45) is 23.2 Å². The molecule has 1 amide bonds. The molecule has 0 radical (unpaired) electrons. The van der Waals surface area contributed by atoms with E-state index in [1.807, 2.05) is 0 Å². The molecule has 3 aromatic rings. The molecule has 0 saturated heterocycles. The maximum absolute atomic E-state index is 13.9. The maximum atomic E-state index is 13.9. The van der Waals surface area contributed by atoms with Crippen molar-refractivity contribution in [3.8, 4) is 11.4 Å². The van der Waals surface area contributed by atoms with Crippen LogP contribution in [0, 0.1) is 29.0 Å². The number of hydrogen-bond donors (Lipinski definition) is 3. The molecule has 0 spiro atoms. The van der Waals surface area contributed by atoms with Crippen molar-refractivity contribution in [1.82, 2.24) is 9.97 Å². The second-order valence-corrected chi connectivity index (χ2v) is 11.2. The summed E-state index contributed by atoms with van der Waals surface area (Å²) in [4.78, 5) is 32.6. The third-order valence-electron chi connectivity index (χ3n) is 8.53. The first kappa shape index (κ1) is 23.0. The fourth-order valence-corrected chi connectivity index (χ4v) is 7.46. The van der Waals surface area contributed by atoms with Crippen molar-refractivity contribution < 1.29 is 19.1 Å². The van der Waals surface area contributed by atoms with Crippen LogP contribution in [-0.4, -0.2) is 27.0 Å². The van der Waals surface area contributed by atoms with E-state index in [0.29, 0.717) is 28.9 Å². The van der Waals surface area contributed by atoms with Crippen LogP contribution in [0.15, 0.2) is 48.5 Å². The number of anilines is 1. The number of nitrogens with one attached hydrogen (secondary N) is 2. The molecule has 186 valence electrons. The molecule has 4 fully saturated rings. The van der Waals surface area contributed by atoms with Crippen molar-refractivity contribution in [3.05, 3.63) is 71.3 Å². The zero-order valence-electron chi connectivity index (χ0n) is 20.1. The van der Waals surface area contributed by atoms with Crippen molar-refractivity contribution in [1.29, 1.82) is 0 Å². The van der Waals surface area contributed by atoms with Crippen LogP contribution in [0.4, 0.5) is 10.1 Å². The third-order valence-corrected chi connectivity index (χ3v) is 8.53. The first-order valence-corrected chi connectivity index (χ1v) is 12.9. The Morgan fingerprint density at radius 2 is 1.72 bits per heavy atom. The van der Waals surface area contributed by atoms with Crippen LogP contribution in [0.1, 0.15) is 71.5 Å². The van der Waals surface area contributed by atoms with Gasteiger partial charge in [0.05, 0.1) is 5.56 Å². The molecule has 4 aliphatic carbocycles. The molecule has 4 aliphatic rings. The number of aryl methyl sites for hydroxylation is 1. The highest BCUT2D eigenvalue weighted by molar-refractivity contribution is 6.04. The number of aromatic amines is 1. The minimum Gasteiger partial charge on any atom is -0.478 e. The van der Waals surface area contributed by atoms with Gasteiger partial charge in [-0.1, -0.05) is 18.2 Å². The number of nitrogens with zero attached hydrogens (tertiary/aromatic N) is 1. The Labute approximate surface area is 209 Å². The zero-order valence-corrected chi connectivity index (χ0v) is 20.1. The van der Waals surface area contributed by atoms with Gasteiger partial charge in [-0.25, -0.2) is 14.2 Å². The molecule has 4 saturated carbocycles. The van der Waals surface area contributed by atoms with Gasteiger partial charge in [0.2, 0.25) is 0 Å². The van der Waals surface area contributed by atoms with Crippen LogP contribution in [-0.2, 0) is 6.42 Å². The summed E-state index contributed by atoms with van der Waals surface area (Å²) in [5.74, 6) is 1.18. The Balaban J connectivity index is 1.28. The number of carbonyl (C=O) groups excluding carboxylic acids is 1. The lowest BCUT2D eigenvalue weighted by Gasteiger charge is -2.57. The second-order valence-electron chi connectivity index (χ2n) is 11.2. The van der Waals surface area contributed by atoms with Crippen LogP contribution in [0.5, 0.6) is 0 Å². The first-order chi connectivity index (χ1) is 17.4. The summed E-state index contributed by atoms with van der Waals surface area (Å²) in [6, 6.07) is 12.3. The fraction of sp³-hybridized carbons (Fsp3) is 0.414. The van der Waals surface area contributed by atoms with Crippen molar-refractivity contribution >= 4 is 17.6 Å². The lowest BCUT2D eigenvalue weighted by atomic mass is 9.48. The number of imidazole rings is 1. The Kier molecular flexibility index (Phi) is 5.66.